The first-order chi connectivity index (χ1) is 13.2. The van der Waals surface area contributed by atoms with Crippen LogP contribution in [0, 0.1) is 19.8 Å². The zero-order chi connectivity index (χ0) is 20.8. The molecular weight excluding hydrogens is 358 g/mol. The van der Waals surface area contributed by atoms with E-state index in [0.29, 0.717) is 12.0 Å². The number of aromatic nitrogens is 1. The Morgan fingerprint density at radius 3 is 2.07 bits per heavy atom. The van der Waals surface area contributed by atoms with Gasteiger partial charge in [-0.3, -0.25) is 20.4 Å². The molecule has 0 saturated heterocycles. The van der Waals surface area contributed by atoms with Gasteiger partial charge in [0.25, 0.3) is 11.8 Å². The van der Waals surface area contributed by atoms with Crippen LogP contribution in [0.1, 0.15) is 42.0 Å². The van der Waals surface area contributed by atoms with Crippen LogP contribution in [0.5, 0.6) is 0 Å². The minimum Gasteiger partial charge on any atom is -0.352 e. The molecule has 8 heteroatoms. The molecule has 2 atom stereocenters. The molecule has 0 fully saturated rings. The second-order valence-corrected chi connectivity index (χ2v) is 6.81. The molecule has 4 amide bonds. The van der Waals surface area contributed by atoms with Crippen molar-refractivity contribution >= 4 is 17.8 Å². The van der Waals surface area contributed by atoms with E-state index in [2.05, 4.69) is 20.7 Å². The molecule has 0 aliphatic carbocycles. The van der Waals surface area contributed by atoms with Crippen LogP contribution in [-0.4, -0.2) is 28.5 Å². The molecule has 28 heavy (non-hydrogen) atoms. The van der Waals surface area contributed by atoms with Gasteiger partial charge in [-0.2, -0.15) is 0 Å². The molecule has 2 aromatic rings. The van der Waals surface area contributed by atoms with E-state index in [1.807, 2.05) is 52.0 Å². The first kappa shape index (κ1) is 21.0. The largest absolute Gasteiger partial charge is 0.352 e. The molecule has 2 rings (SSSR count). The molecule has 0 aliphatic rings. The molecule has 0 radical (unpaired) electrons. The van der Waals surface area contributed by atoms with E-state index < -0.39 is 23.9 Å². The Kier molecular flexibility index (Phi) is 6.81. The van der Waals surface area contributed by atoms with Crippen LogP contribution in [0.2, 0.25) is 0 Å². The van der Waals surface area contributed by atoms with Crippen LogP contribution in [0.25, 0.3) is 5.69 Å². The SMILES string of the molecule is CC[C@@H](C)[C@H](NC(N)=O)C(=O)NNC(=O)c1ccc(-n2c(C)ccc2C)cc1. The highest BCUT2D eigenvalue weighted by atomic mass is 16.2. The van der Waals surface area contributed by atoms with Crippen molar-refractivity contribution < 1.29 is 14.4 Å². The number of carbonyl (C=O) groups excluding carboxylic acids is 3. The van der Waals surface area contributed by atoms with E-state index in [9.17, 15) is 14.4 Å². The number of amides is 4. The van der Waals surface area contributed by atoms with E-state index in [0.717, 1.165) is 17.1 Å². The van der Waals surface area contributed by atoms with Gasteiger partial charge in [-0.1, -0.05) is 20.3 Å². The number of urea groups is 1. The van der Waals surface area contributed by atoms with E-state index in [1.54, 1.807) is 12.1 Å². The molecule has 1 aromatic heterocycles. The van der Waals surface area contributed by atoms with E-state index in [4.69, 9.17) is 5.73 Å². The van der Waals surface area contributed by atoms with Crippen molar-refractivity contribution in [3.05, 3.63) is 53.3 Å². The third-order valence-corrected chi connectivity index (χ3v) is 4.75. The highest BCUT2D eigenvalue weighted by molar-refractivity contribution is 5.96. The van der Waals surface area contributed by atoms with Crippen molar-refractivity contribution in [2.24, 2.45) is 11.7 Å². The van der Waals surface area contributed by atoms with Crippen LogP contribution in [0.4, 0.5) is 4.79 Å². The Bertz CT molecular complexity index is 838. The van der Waals surface area contributed by atoms with Gasteiger partial charge in [-0.25, -0.2) is 4.79 Å². The molecule has 1 heterocycles. The van der Waals surface area contributed by atoms with Crippen LogP contribution in [-0.2, 0) is 4.79 Å². The van der Waals surface area contributed by atoms with Crippen molar-refractivity contribution in [1.82, 2.24) is 20.7 Å². The topological polar surface area (TPSA) is 118 Å². The number of aryl methyl sites for hydroxylation is 2. The first-order valence-electron chi connectivity index (χ1n) is 9.16. The van der Waals surface area contributed by atoms with E-state index >= 15 is 0 Å². The van der Waals surface area contributed by atoms with Gasteiger partial charge >= 0.3 is 6.03 Å². The third-order valence-electron chi connectivity index (χ3n) is 4.75. The average molecular weight is 385 g/mol. The number of nitrogens with zero attached hydrogens (tertiary/aromatic N) is 1. The maximum Gasteiger partial charge on any atom is 0.312 e. The summed E-state index contributed by atoms with van der Waals surface area (Å²) in [5.74, 6) is -1.13. The minimum absolute atomic E-state index is 0.142. The number of nitrogens with one attached hydrogen (secondary N) is 3. The second-order valence-electron chi connectivity index (χ2n) is 6.81. The van der Waals surface area contributed by atoms with Crippen molar-refractivity contribution in [3.8, 4) is 5.69 Å². The Labute approximate surface area is 164 Å². The number of hydrogen-bond acceptors (Lipinski definition) is 3. The number of carbonyl (C=O) groups is 3. The van der Waals surface area contributed by atoms with Crippen molar-refractivity contribution in [3.63, 3.8) is 0 Å². The summed E-state index contributed by atoms with van der Waals surface area (Å²) in [6.45, 7) is 7.72. The van der Waals surface area contributed by atoms with Crippen molar-refractivity contribution in [2.45, 2.75) is 40.2 Å². The van der Waals surface area contributed by atoms with Crippen molar-refractivity contribution in [2.75, 3.05) is 0 Å². The monoisotopic (exact) mass is 385 g/mol. The van der Waals surface area contributed by atoms with Crippen LogP contribution in [0.3, 0.4) is 0 Å². The zero-order valence-corrected chi connectivity index (χ0v) is 16.6. The predicted octanol–water partition coefficient (Wildman–Crippen LogP) is 1.94. The summed E-state index contributed by atoms with van der Waals surface area (Å²) >= 11 is 0. The highest BCUT2D eigenvalue weighted by Gasteiger charge is 2.25. The molecule has 0 bridgehead atoms. The van der Waals surface area contributed by atoms with Crippen LogP contribution in [0.15, 0.2) is 36.4 Å². The maximum absolute atomic E-state index is 12.3. The average Bonchev–Trinajstić information content (AvgIpc) is 3.01. The summed E-state index contributed by atoms with van der Waals surface area (Å²) in [6.07, 6.45) is 0.659. The minimum atomic E-state index is -0.829. The summed E-state index contributed by atoms with van der Waals surface area (Å²) in [5.41, 5.74) is 13.4. The lowest BCUT2D eigenvalue weighted by molar-refractivity contribution is -0.124. The third kappa shape index (κ3) is 4.91. The molecule has 8 nitrogen and oxygen atoms in total. The van der Waals surface area contributed by atoms with E-state index in [1.165, 1.54) is 0 Å². The number of benzene rings is 1. The Morgan fingerprint density at radius 2 is 1.57 bits per heavy atom. The van der Waals surface area contributed by atoms with Gasteiger partial charge in [0.15, 0.2) is 0 Å². The quantitative estimate of drug-likeness (QED) is 0.569. The van der Waals surface area contributed by atoms with Gasteiger partial charge in [-0.15, -0.1) is 0 Å². The van der Waals surface area contributed by atoms with Gasteiger partial charge < -0.3 is 15.6 Å². The summed E-state index contributed by atoms with van der Waals surface area (Å²) in [7, 11) is 0. The Balaban J connectivity index is 2.02. The number of nitrogens with two attached hydrogens (primary N) is 1. The molecular formula is C20H27N5O3. The van der Waals surface area contributed by atoms with Gasteiger partial charge in [0.05, 0.1) is 0 Å². The Morgan fingerprint density at radius 1 is 1.00 bits per heavy atom. The number of hydrazine groups is 1. The number of hydrogen-bond donors (Lipinski definition) is 4. The molecule has 0 saturated carbocycles. The Hall–Kier alpha value is -3.29. The van der Waals surface area contributed by atoms with Gasteiger partial charge in [0.2, 0.25) is 0 Å². The lowest BCUT2D eigenvalue weighted by atomic mass is 9.99. The van der Waals surface area contributed by atoms with E-state index in [-0.39, 0.29) is 5.92 Å². The predicted molar refractivity (Wildman–Crippen MR) is 107 cm³/mol. The lowest BCUT2D eigenvalue weighted by Crippen LogP contribution is -2.55. The van der Waals surface area contributed by atoms with Gasteiger partial charge in [-0.05, 0) is 56.2 Å². The van der Waals surface area contributed by atoms with Gasteiger partial charge in [0, 0.05) is 22.6 Å². The number of rotatable bonds is 6. The standard InChI is InChI=1S/C20H27N5O3/c1-5-12(2)17(22-20(21)28)19(27)24-23-18(26)15-8-10-16(11-9-15)25-13(3)6-7-14(25)4/h6-12,17H,5H2,1-4H3,(H,23,26)(H,24,27)(H3,21,22,28)/t12-,17+/m1/s1. The molecule has 5 N–H and O–H groups in total. The summed E-state index contributed by atoms with van der Waals surface area (Å²) in [5, 5.41) is 2.40. The fraction of sp³-hybridized carbons (Fsp3) is 0.350. The summed E-state index contributed by atoms with van der Waals surface area (Å²) in [4.78, 5) is 35.7. The molecule has 1 aromatic carbocycles. The van der Waals surface area contributed by atoms with Gasteiger partial charge in [0.1, 0.15) is 6.04 Å². The fourth-order valence-corrected chi connectivity index (χ4v) is 2.96. The van der Waals surface area contributed by atoms with Crippen LogP contribution < -0.4 is 21.9 Å². The van der Waals surface area contributed by atoms with Crippen molar-refractivity contribution in [1.29, 1.82) is 0 Å². The summed E-state index contributed by atoms with van der Waals surface area (Å²) < 4.78 is 2.08. The normalized spacial score (nSPS) is 12.7. The fourth-order valence-electron chi connectivity index (χ4n) is 2.96. The molecule has 0 aliphatic heterocycles. The maximum atomic E-state index is 12.3. The van der Waals surface area contributed by atoms with Crippen LogP contribution >= 0.6 is 0 Å². The first-order valence-corrected chi connectivity index (χ1v) is 9.16. The number of primary amides is 1. The highest BCUT2D eigenvalue weighted by Crippen LogP contribution is 2.16. The second kappa shape index (κ2) is 9.07. The molecule has 0 unspecified atom stereocenters. The summed E-state index contributed by atoms with van der Waals surface area (Å²) in [6, 6.07) is 9.48. The lowest BCUT2D eigenvalue weighted by Gasteiger charge is -2.22. The molecule has 0 spiro atoms. The zero-order valence-electron chi connectivity index (χ0n) is 16.6. The smallest absolute Gasteiger partial charge is 0.312 e. The molecule has 150 valence electrons.